The van der Waals surface area contributed by atoms with Gasteiger partial charge in [-0.3, -0.25) is 10.1 Å². The SMILES string of the molecule is COc1ccc2cn(C[C@@]3(C#Cc4ccc5sc(C)nc5c4)NC(=O)NC3=O)c(O)c2c1. The van der Waals surface area contributed by atoms with Gasteiger partial charge in [-0.1, -0.05) is 11.8 Å². The number of carbonyl (C=O) groups is 2. The molecule has 3 amide bonds. The third-order valence-corrected chi connectivity index (χ3v) is 6.28. The van der Waals surface area contributed by atoms with Crippen LogP contribution in [0.1, 0.15) is 10.6 Å². The largest absolute Gasteiger partial charge is 0.497 e. The van der Waals surface area contributed by atoms with E-state index in [9.17, 15) is 14.7 Å². The van der Waals surface area contributed by atoms with E-state index in [1.807, 2.05) is 25.1 Å². The molecular formula is C23H18N4O4S. The number of aromatic nitrogens is 2. The highest BCUT2D eigenvalue weighted by Crippen LogP contribution is 2.32. The molecule has 160 valence electrons. The molecule has 0 unspecified atom stereocenters. The molecule has 5 rings (SSSR count). The van der Waals surface area contributed by atoms with Crippen LogP contribution in [0.5, 0.6) is 11.6 Å². The van der Waals surface area contributed by atoms with Gasteiger partial charge in [-0.2, -0.15) is 0 Å². The van der Waals surface area contributed by atoms with Crippen molar-refractivity contribution in [3.8, 4) is 23.5 Å². The smallest absolute Gasteiger partial charge is 0.323 e. The molecule has 2 aromatic heterocycles. The van der Waals surface area contributed by atoms with Crippen molar-refractivity contribution < 1.29 is 19.4 Å². The molecule has 1 atom stereocenters. The minimum atomic E-state index is -1.54. The molecule has 1 fully saturated rings. The Morgan fingerprint density at radius 3 is 2.84 bits per heavy atom. The van der Waals surface area contributed by atoms with Gasteiger partial charge in [0.15, 0.2) is 5.88 Å². The lowest BCUT2D eigenvalue weighted by Crippen LogP contribution is -2.49. The first-order chi connectivity index (χ1) is 15.4. The van der Waals surface area contributed by atoms with Gasteiger partial charge in [-0.05, 0) is 43.3 Å². The molecule has 32 heavy (non-hydrogen) atoms. The van der Waals surface area contributed by atoms with Crippen LogP contribution in [0.3, 0.4) is 0 Å². The summed E-state index contributed by atoms with van der Waals surface area (Å²) in [7, 11) is 1.54. The van der Waals surface area contributed by atoms with Crippen LogP contribution in [0.4, 0.5) is 4.79 Å². The predicted molar refractivity (Wildman–Crippen MR) is 121 cm³/mol. The third-order valence-electron chi connectivity index (χ3n) is 5.33. The van der Waals surface area contributed by atoms with E-state index in [1.165, 1.54) is 4.57 Å². The molecule has 0 saturated carbocycles. The number of fused-ring (bicyclic) bond motifs is 2. The fourth-order valence-corrected chi connectivity index (χ4v) is 4.57. The second-order valence-corrected chi connectivity index (χ2v) is 8.75. The van der Waals surface area contributed by atoms with Gasteiger partial charge in [0.1, 0.15) is 5.75 Å². The average molecular weight is 446 g/mol. The fourth-order valence-electron chi connectivity index (χ4n) is 3.76. The van der Waals surface area contributed by atoms with Crippen molar-refractivity contribution in [2.45, 2.75) is 19.0 Å². The van der Waals surface area contributed by atoms with Gasteiger partial charge in [-0.25, -0.2) is 9.78 Å². The number of amides is 3. The number of methoxy groups -OCH3 is 1. The Labute approximate surface area is 186 Å². The van der Waals surface area contributed by atoms with Gasteiger partial charge in [0.25, 0.3) is 5.91 Å². The zero-order chi connectivity index (χ0) is 22.5. The number of rotatable bonds is 3. The van der Waals surface area contributed by atoms with Gasteiger partial charge in [0.05, 0.1) is 28.9 Å². The normalized spacial score (nSPS) is 17.8. The summed E-state index contributed by atoms with van der Waals surface area (Å²) in [6.45, 7) is 1.87. The lowest BCUT2D eigenvalue weighted by molar-refractivity contribution is -0.122. The molecule has 2 aromatic carbocycles. The summed E-state index contributed by atoms with van der Waals surface area (Å²) in [6.07, 6.45) is 1.70. The number of ether oxygens (including phenoxy) is 1. The van der Waals surface area contributed by atoms with E-state index in [2.05, 4.69) is 27.5 Å². The number of benzene rings is 2. The number of nitrogens with zero attached hydrogens (tertiary/aromatic N) is 2. The fraction of sp³-hybridized carbons (Fsp3) is 0.174. The number of hydrogen-bond acceptors (Lipinski definition) is 6. The van der Waals surface area contributed by atoms with Crippen molar-refractivity contribution in [2.24, 2.45) is 0 Å². The molecule has 0 spiro atoms. The van der Waals surface area contributed by atoms with Crippen molar-refractivity contribution in [3.63, 3.8) is 0 Å². The number of aromatic hydroxyl groups is 1. The van der Waals surface area contributed by atoms with E-state index in [4.69, 9.17) is 4.74 Å². The Hall–Kier alpha value is -4.03. The Kier molecular flexibility index (Phi) is 4.53. The summed E-state index contributed by atoms with van der Waals surface area (Å²) in [6, 6.07) is 10.3. The number of imide groups is 1. The molecule has 3 N–H and O–H groups in total. The van der Waals surface area contributed by atoms with Gasteiger partial charge >= 0.3 is 6.03 Å². The van der Waals surface area contributed by atoms with Crippen molar-refractivity contribution in [1.82, 2.24) is 20.2 Å². The summed E-state index contributed by atoms with van der Waals surface area (Å²) in [4.78, 5) is 29.2. The van der Waals surface area contributed by atoms with Gasteiger partial charge in [0, 0.05) is 22.5 Å². The lowest BCUT2D eigenvalue weighted by atomic mass is 9.99. The standard InChI is InChI=1S/C23H18N4O4S/c1-13-24-18-9-14(3-6-19(18)32-13)7-8-23(21(29)25-22(30)26-23)12-27-11-15-4-5-16(31-2)10-17(15)20(27)28/h3-6,9-11,28H,12H2,1-2H3,(H2,25,26,29,30)/t23-/m1/s1. The zero-order valence-electron chi connectivity index (χ0n) is 17.2. The summed E-state index contributed by atoms with van der Waals surface area (Å²) in [5, 5.41) is 17.9. The Bertz CT molecular complexity index is 1480. The summed E-state index contributed by atoms with van der Waals surface area (Å²) < 4.78 is 7.77. The molecule has 1 aliphatic rings. The molecule has 0 bridgehead atoms. The van der Waals surface area contributed by atoms with Crippen molar-refractivity contribution in [2.75, 3.05) is 7.11 Å². The van der Waals surface area contributed by atoms with Crippen LogP contribution in [0.25, 0.3) is 21.0 Å². The van der Waals surface area contributed by atoms with Crippen molar-refractivity contribution >= 4 is 44.3 Å². The van der Waals surface area contributed by atoms with Crippen LogP contribution in [0, 0.1) is 18.8 Å². The van der Waals surface area contributed by atoms with E-state index in [0.717, 1.165) is 20.6 Å². The van der Waals surface area contributed by atoms with Crippen LogP contribution in [0.2, 0.25) is 0 Å². The van der Waals surface area contributed by atoms with E-state index in [1.54, 1.807) is 42.8 Å². The number of nitrogens with one attached hydrogen (secondary N) is 2. The molecule has 0 radical (unpaired) electrons. The predicted octanol–water partition coefficient (Wildman–Crippen LogP) is 2.90. The first kappa shape index (κ1) is 19.9. The summed E-state index contributed by atoms with van der Waals surface area (Å²) >= 11 is 1.59. The molecule has 1 aliphatic heterocycles. The highest BCUT2D eigenvalue weighted by atomic mass is 32.1. The van der Waals surface area contributed by atoms with Crippen molar-refractivity contribution in [3.05, 3.63) is 53.2 Å². The van der Waals surface area contributed by atoms with Gasteiger partial charge in [0.2, 0.25) is 5.54 Å². The first-order valence-corrected chi connectivity index (χ1v) is 10.6. The monoisotopic (exact) mass is 446 g/mol. The zero-order valence-corrected chi connectivity index (χ0v) is 18.0. The first-order valence-electron chi connectivity index (χ1n) is 9.77. The highest BCUT2D eigenvalue weighted by molar-refractivity contribution is 7.18. The van der Waals surface area contributed by atoms with E-state index in [-0.39, 0.29) is 12.4 Å². The number of urea groups is 1. The topological polar surface area (TPSA) is 105 Å². The Morgan fingerprint density at radius 1 is 1.25 bits per heavy atom. The second kappa shape index (κ2) is 7.28. The van der Waals surface area contributed by atoms with Crippen LogP contribution >= 0.6 is 11.3 Å². The van der Waals surface area contributed by atoms with Gasteiger partial charge < -0.3 is 19.7 Å². The molecule has 0 aliphatic carbocycles. The summed E-state index contributed by atoms with van der Waals surface area (Å²) in [5.74, 6) is 5.90. The minimum Gasteiger partial charge on any atom is -0.497 e. The van der Waals surface area contributed by atoms with Crippen molar-refractivity contribution in [1.29, 1.82) is 0 Å². The van der Waals surface area contributed by atoms with Crippen LogP contribution in [-0.4, -0.2) is 39.2 Å². The Morgan fingerprint density at radius 2 is 2.09 bits per heavy atom. The maximum Gasteiger partial charge on any atom is 0.323 e. The van der Waals surface area contributed by atoms with E-state index in [0.29, 0.717) is 16.7 Å². The van der Waals surface area contributed by atoms with Crippen LogP contribution in [0.15, 0.2) is 42.6 Å². The maximum atomic E-state index is 12.8. The lowest BCUT2D eigenvalue weighted by Gasteiger charge is -2.20. The number of thiazole rings is 1. The van der Waals surface area contributed by atoms with E-state index >= 15 is 0 Å². The van der Waals surface area contributed by atoms with Crippen LogP contribution in [-0.2, 0) is 11.3 Å². The molecule has 3 heterocycles. The van der Waals surface area contributed by atoms with Gasteiger partial charge in [-0.15, -0.1) is 11.3 Å². The molecular weight excluding hydrogens is 428 g/mol. The molecule has 1 saturated heterocycles. The average Bonchev–Trinajstić information content (AvgIpc) is 3.38. The number of hydrogen-bond donors (Lipinski definition) is 3. The second-order valence-electron chi connectivity index (χ2n) is 7.51. The Balaban J connectivity index is 1.55. The quantitative estimate of drug-likeness (QED) is 0.332. The maximum absolute atomic E-state index is 12.8. The number of aryl methyl sites for hydroxylation is 1. The molecule has 9 heteroatoms. The number of carbonyl (C=O) groups excluding carboxylic acids is 2. The summed E-state index contributed by atoms with van der Waals surface area (Å²) in [5.41, 5.74) is -0.0417. The molecule has 8 nitrogen and oxygen atoms in total. The third kappa shape index (κ3) is 3.31. The highest BCUT2D eigenvalue weighted by Gasteiger charge is 2.46. The van der Waals surface area contributed by atoms with Crippen LogP contribution < -0.4 is 15.4 Å². The minimum absolute atomic E-state index is 0.0478. The van der Waals surface area contributed by atoms with E-state index < -0.39 is 17.5 Å². The molecule has 4 aromatic rings.